The fraction of sp³-hybridized carbons (Fsp3) is 0.706. The van der Waals surface area contributed by atoms with Crippen molar-refractivity contribution in [3.63, 3.8) is 0 Å². The first-order valence-electron chi connectivity index (χ1n) is 7.62. The van der Waals surface area contributed by atoms with E-state index in [1.165, 1.54) is 12.1 Å². The zero-order valence-electron chi connectivity index (χ0n) is 14.2. The van der Waals surface area contributed by atoms with Crippen molar-refractivity contribution in [2.75, 3.05) is 11.9 Å². The summed E-state index contributed by atoms with van der Waals surface area (Å²) in [5.74, 6) is 0.719. The van der Waals surface area contributed by atoms with Crippen LogP contribution in [-0.2, 0) is 6.54 Å². The molecule has 0 saturated heterocycles. The number of hydrogen-bond donors (Lipinski definition) is 1. The molecule has 0 bridgehead atoms. The van der Waals surface area contributed by atoms with Gasteiger partial charge < -0.3 is 10.2 Å². The first kappa shape index (κ1) is 17.0. The molecule has 0 saturated carbocycles. The molecular weight excluding hydrogens is 246 g/mol. The van der Waals surface area contributed by atoms with E-state index in [0.29, 0.717) is 6.04 Å². The van der Waals surface area contributed by atoms with Crippen molar-refractivity contribution in [1.29, 1.82) is 0 Å². The number of aromatic nitrogens is 1. The molecule has 1 rings (SSSR count). The number of rotatable bonds is 6. The van der Waals surface area contributed by atoms with E-state index < -0.39 is 0 Å². The van der Waals surface area contributed by atoms with Gasteiger partial charge in [0.15, 0.2) is 0 Å². The molecule has 1 heterocycles. The van der Waals surface area contributed by atoms with Crippen LogP contribution in [0.2, 0.25) is 0 Å². The molecule has 114 valence electrons. The molecule has 1 aromatic heterocycles. The summed E-state index contributed by atoms with van der Waals surface area (Å²) in [4.78, 5) is 6.81. The second-order valence-corrected chi connectivity index (χ2v) is 7.20. The number of anilines is 1. The van der Waals surface area contributed by atoms with Crippen molar-refractivity contribution >= 4 is 5.69 Å². The van der Waals surface area contributed by atoms with Gasteiger partial charge in [-0.15, -0.1) is 0 Å². The van der Waals surface area contributed by atoms with Crippen LogP contribution in [0.15, 0.2) is 18.3 Å². The van der Waals surface area contributed by atoms with Gasteiger partial charge in [-0.05, 0) is 52.2 Å². The van der Waals surface area contributed by atoms with E-state index >= 15 is 0 Å². The maximum atomic E-state index is 4.46. The number of pyridine rings is 1. The van der Waals surface area contributed by atoms with E-state index in [1.807, 2.05) is 6.20 Å². The summed E-state index contributed by atoms with van der Waals surface area (Å²) >= 11 is 0. The second kappa shape index (κ2) is 7.07. The van der Waals surface area contributed by atoms with E-state index in [-0.39, 0.29) is 5.54 Å². The molecule has 0 radical (unpaired) electrons. The highest BCUT2D eigenvalue weighted by Crippen LogP contribution is 2.19. The van der Waals surface area contributed by atoms with Crippen LogP contribution in [0.3, 0.4) is 0 Å². The fourth-order valence-corrected chi connectivity index (χ4v) is 2.23. The maximum absolute atomic E-state index is 4.46. The minimum absolute atomic E-state index is 0.120. The van der Waals surface area contributed by atoms with Crippen LogP contribution in [-0.4, -0.2) is 23.6 Å². The summed E-state index contributed by atoms with van der Waals surface area (Å²) < 4.78 is 0. The molecule has 1 aromatic rings. The Kier molecular flexibility index (Phi) is 6.00. The molecule has 0 aromatic carbocycles. The Labute approximate surface area is 124 Å². The number of nitrogens with zero attached hydrogens (tertiary/aromatic N) is 2. The van der Waals surface area contributed by atoms with Gasteiger partial charge in [0.2, 0.25) is 0 Å². The summed E-state index contributed by atoms with van der Waals surface area (Å²) in [5.41, 5.74) is 2.47. The lowest BCUT2D eigenvalue weighted by Crippen LogP contribution is -2.35. The first-order valence-corrected chi connectivity index (χ1v) is 7.62. The van der Waals surface area contributed by atoms with Crippen LogP contribution >= 0.6 is 0 Å². The molecule has 0 amide bonds. The second-order valence-electron chi connectivity index (χ2n) is 7.20. The lowest BCUT2D eigenvalue weighted by atomic mass is 10.0. The Morgan fingerprint density at radius 2 is 1.90 bits per heavy atom. The highest BCUT2D eigenvalue weighted by atomic mass is 15.1. The standard InChI is InChI=1S/C17H31N3/c1-13(2)10-14(3)20(7)16-8-9-18-15(11-16)12-19-17(4,5)6/h8-9,11,13-14,19H,10,12H2,1-7H3. The lowest BCUT2D eigenvalue weighted by molar-refractivity contribution is 0.421. The molecule has 20 heavy (non-hydrogen) atoms. The van der Waals surface area contributed by atoms with Crippen molar-refractivity contribution in [3.05, 3.63) is 24.0 Å². The summed E-state index contributed by atoms with van der Waals surface area (Å²) in [6.07, 6.45) is 3.11. The van der Waals surface area contributed by atoms with E-state index in [9.17, 15) is 0 Å². The Morgan fingerprint density at radius 1 is 1.25 bits per heavy atom. The SMILES string of the molecule is CC(C)CC(C)N(C)c1ccnc(CNC(C)(C)C)c1. The minimum Gasteiger partial charge on any atom is -0.372 e. The van der Waals surface area contributed by atoms with E-state index in [1.54, 1.807) is 0 Å². The average molecular weight is 277 g/mol. The van der Waals surface area contributed by atoms with Crippen LogP contribution in [0.25, 0.3) is 0 Å². The normalized spacial score (nSPS) is 13.6. The molecule has 3 heteroatoms. The van der Waals surface area contributed by atoms with Crippen LogP contribution in [0.1, 0.15) is 53.7 Å². The summed E-state index contributed by atoms with van der Waals surface area (Å²) in [5, 5.41) is 3.48. The van der Waals surface area contributed by atoms with Crippen molar-refractivity contribution in [3.8, 4) is 0 Å². The predicted octanol–water partition coefficient (Wildman–Crippen LogP) is 3.84. The van der Waals surface area contributed by atoms with Gasteiger partial charge in [0.25, 0.3) is 0 Å². The summed E-state index contributed by atoms with van der Waals surface area (Å²) in [6, 6.07) is 4.83. The Balaban J connectivity index is 2.72. The van der Waals surface area contributed by atoms with Crippen LogP contribution in [0.5, 0.6) is 0 Å². The van der Waals surface area contributed by atoms with Crippen LogP contribution in [0, 0.1) is 5.92 Å². The van der Waals surface area contributed by atoms with Gasteiger partial charge in [-0.1, -0.05) is 13.8 Å². The lowest BCUT2D eigenvalue weighted by Gasteiger charge is -2.28. The van der Waals surface area contributed by atoms with Crippen molar-refractivity contribution in [2.45, 2.75) is 66.1 Å². The molecular formula is C17H31N3. The van der Waals surface area contributed by atoms with Crippen LogP contribution < -0.4 is 10.2 Å². The molecule has 1 N–H and O–H groups in total. The van der Waals surface area contributed by atoms with Crippen molar-refractivity contribution < 1.29 is 0 Å². The fourth-order valence-electron chi connectivity index (χ4n) is 2.23. The molecule has 3 nitrogen and oxygen atoms in total. The first-order chi connectivity index (χ1) is 9.19. The van der Waals surface area contributed by atoms with E-state index in [4.69, 9.17) is 0 Å². The predicted molar refractivity (Wildman–Crippen MR) is 88.1 cm³/mol. The van der Waals surface area contributed by atoms with E-state index in [0.717, 1.165) is 18.2 Å². The maximum Gasteiger partial charge on any atom is 0.0562 e. The minimum atomic E-state index is 0.120. The molecule has 0 aliphatic carbocycles. The third-order valence-corrected chi connectivity index (χ3v) is 3.48. The highest BCUT2D eigenvalue weighted by Gasteiger charge is 2.13. The highest BCUT2D eigenvalue weighted by molar-refractivity contribution is 5.46. The van der Waals surface area contributed by atoms with Gasteiger partial charge in [0, 0.05) is 37.1 Å². The average Bonchev–Trinajstić information content (AvgIpc) is 2.34. The number of nitrogens with one attached hydrogen (secondary N) is 1. The Bertz CT molecular complexity index is 407. The van der Waals surface area contributed by atoms with Gasteiger partial charge in [-0.2, -0.15) is 0 Å². The van der Waals surface area contributed by atoms with Gasteiger partial charge >= 0.3 is 0 Å². The molecule has 1 atom stereocenters. The zero-order valence-corrected chi connectivity index (χ0v) is 14.2. The third kappa shape index (κ3) is 5.91. The molecule has 0 aliphatic rings. The monoisotopic (exact) mass is 277 g/mol. The Morgan fingerprint density at radius 3 is 2.45 bits per heavy atom. The van der Waals surface area contributed by atoms with Crippen molar-refractivity contribution in [2.24, 2.45) is 5.92 Å². The molecule has 0 aliphatic heterocycles. The third-order valence-electron chi connectivity index (χ3n) is 3.48. The largest absolute Gasteiger partial charge is 0.372 e. The zero-order chi connectivity index (χ0) is 15.3. The van der Waals surface area contributed by atoms with Gasteiger partial charge in [0.1, 0.15) is 0 Å². The number of hydrogen-bond acceptors (Lipinski definition) is 3. The summed E-state index contributed by atoms with van der Waals surface area (Å²) in [6.45, 7) is 14.2. The smallest absolute Gasteiger partial charge is 0.0562 e. The van der Waals surface area contributed by atoms with Crippen LogP contribution in [0.4, 0.5) is 5.69 Å². The molecule has 0 fully saturated rings. The van der Waals surface area contributed by atoms with Crippen molar-refractivity contribution in [1.82, 2.24) is 10.3 Å². The molecule has 1 unspecified atom stereocenters. The molecule has 0 spiro atoms. The topological polar surface area (TPSA) is 28.2 Å². The Hall–Kier alpha value is -1.09. The van der Waals surface area contributed by atoms with E-state index in [2.05, 4.69) is 75.9 Å². The van der Waals surface area contributed by atoms with Gasteiger partial charge in [-0.25, -0.2) is 0 Å². The quantitative estimate of drug-likeness (QED) is 0.856. The summed E-state index contributed by atoms with van der Waals surface area (Å²) in [7, 11) is 2.17. The van der Waals surface area contributed by atoms with Gasteiger partial charge in [0.05, 0.1) is 5.69 Å². The van der Waals surface area contributed by atoms with Gasteiger partial charge in [-0.3, -0.25) is 4.98 Å².